The SMILES string of the molecule is CC.CNC(=O)CN(C)CCN(C)CCCOC. The lowest BCUT2D eigenvalue weighted by atomic mass is 10.4. The summed E-state index contributed by atoms with van der Waals surface area (Å²) in [5.41, 5.74) is 0. The van der Waals surface area contributed by atoms with E-state index >= 15 is 0 Å². The van der Waals surface area contributed by atoms with Gasteiger partial charge in [0.2, 0.25) is 5.91 Å². The number of hydrogen-bond donors (Lipinski definition) is 1. The van der Waals surface area contributed by atoms with Crippen LogP contribution in [0.4, 0.5) is 0 Å². The molecule has 1 amide bonds. The molecule has 110 valence electrons. The predicted molar refractivity (Wildman–Crippen MR) is 76.9 cm³/mol. The zero-order chi connectivity index (χ0) is 14.4. The van der Waals surface area contributed by atoms with Crippen LogP contribution < -0.4 is 5.32 Å². The highest BCUT2D eigenvalue weighted by Crippen LogP contribution is 1.90. The Labute approximate surface area is 112 Å². The van der Waals surface area contributed by atoms with Gasteiger partial charge < -0.3 is 15.0 Å². The quantitative estimate of drug-likeness (QED) is 0.619. The van der Waals surface area contributed by atoms with Crippen LogP contribution in [0.3, 0.4) is 0 Å². The molecule has 0 aliphatic carbocycles. The van der Waals surface area contributed by atoms with Crippen LogP contribution in [0.5, 0.6) is 0 Å². The molecule has 5 heteroatoms. The molecule has 0 bridgehead atoms. The minimum absolute atomic E-state index is 0.0598. The zero-order valence-electron chi connectivity index (χ0n) is 13.0. The molecule has 0 spiro atoms. The van der Waals surface area contributed by atoms with E-state index in [0.29, 0.717) is 6.54 Å². The number of nitrogens with one attached hydrogen (secondary N) is 1. The highest BCUT2D eigenvalue weighted by Gasteiger charge is 2.05. The van der Waals surface area contributed by atoms with Crippen molar-refractivity contribution in [3.05, 3.63) is 0 Å². The molecule has 18 heavy (non-hydrogen) atoms. The van der Waals surface area contributed by atoms with Crippen LogP contribution in [-0.4, -0.2) is 76.7 Å². The Bertz CT molecular complexity index is 189. The van der Waals surface area contributed by atoms with Gasteiger partial charge in [-0.25, -0.2) is 0 Å². The molecule has 5 nitrogen and oxygen atoms in total. The molecule has 0 saturated carbocycles. The standard InChI is InChI=1S/C11H25N3O2.C2H6/c1-12-11(15)10-14(3)8-7-13(2)6-5-9-16-4;1-2/h5-10H2,1-4H3,(H,12,15);1-2H3. The Morgan fingerprint density at radius 2 is 1.67 bits per heavy atom. The van der Waals surface area contributed by atoms with Gasteiger partial charge in [0.15, 0.2) is 0 Å². The summed E-state index contributed by atoms with van der Waals surface area (Å²) in [5, 5.41) is 2.61. The van der Waals surface area contributed by atoms with Crippen molar-refractivity contribution < 1.29 is 9.53 Å². The van der Waals surface area contributed by atoms with E-state index in [1.54, 1.807) is 14.2 Å². The Kier molecular flexibility index (Phi) is 15.8. The van der Waals surface area contributed by atoms with Crippen molar-refractivity contribution in [2.24, 2.45) is 0 Å². The predicted octanol–water partition coefficient (Wildman–Crippen LogP) is 0.659. The maximum atomic E-state index is 11.1. The van der Waals surface area contributed by atoms with Gasteiger partial charge in [0.05, 0.1) is 6.54 Å². The zero-order valence-corrected chi connectivity index (χ0v) is 13.0. The summed E-state index contributed by atoms with van der Waals surface area (Å²) in [6.07, 6.45) is 1.05. The number of likely N-dealkylation sites (N-methyl/N-ethyl adjacent to an activating group) is 3. The Balaban J connectivity index is 0. The molecular weight excluding hydrogens is 230 g/mol. The van der Waals surface area contributed by atoms with Crippen molar-refractivity contribution in [2.45, 2.75) is 20.3 Å². The third-order valence-electron chi connectivity index (χ3n) is 2.44. The normalized spacial score (nSPS) is 10.2. The molecule has 0 aliphatic rings. The number of carbonyl (C=O) groups excluding carboxylic acids is 1. The van der Waals surface area contributed by atoms with Crippen LogP contribution in [0.15, 0.2) is 0 Å². The fourth-order valence-corrected chi connectivity index (χ4v) is 1.34. The van der Waals surface area contributed by atoms with E-state index in [1.165, 1.54) is 0 Å². The number of nitrogens with zero attached hydrogens (tertiary/aromatic N) is 2. The van der Waals surface area contributed by atoms with E-state index in [4.69, 9.17) is 4.74 Å². The van der Waals surface area contributed by atoms with Crippen molar-refractivity contribution in [3.8, 4) is 0 Å². The summed E-state index contributed by atoms with van der Waals surface area (Å²) in [4.78, 5) is 15.4. The molecule has 0 rings (SSSR count). The second-order valence-corrected chi connectivity index (χ2v) is 4.06. The third kappa shape index (κ3) is 13.4. The van der Waals surface area contributed by atoms with E-state index in [0.717, 1.165) is 32.7 Å². The van der Waals surface area contributed by atoms with Crippen molar-refractivity contribution in [2.75, 3.05) is 61.0 Å². The first-order valence-corrected chi connectivity index (χ1v) is 6.66. The van der Waals surface area contributed by atoms with Gasteiger partial charge in [-0.3, -0.25) is 9.69 Å². The van der Waals surface area contributed by atoms with Gasteiger partial charge in [-0.05, 0) is 20.5 Å². The van der Waals surface area contributed by atoms with Crippen molar-refractivity contribution in [1.29, 1.82) is 0 Å². The first kappa shape index (κ1) is 19.7. The lowest BCUT2D eigenvalue weighted by molar-refractivity contribution is -0.121. The van der Waals surface area contributed by atoms with Crippen LogP contribution in [0.2, 0.25) is 0 Å². The molecule has 0 aromatic rings. The van der Waals surface area contributed by atoms with E-state index in [1.807, 2.05) is 25.8 Å². The van der Waals surface area contributed by atoms with Gasteiger partial charge in [-0.15, -0.1) is 0 Å². The van der Waals surface area contributed by atoms with Crippen LogP contribution >= 0.6 is 0 Å². The fraction of sp³-hybridized carbons (Fsp3) is 0.923. The number of amides is 1. The third-order valence-corrected chi connectivity index (χ3v) is 2.44. The lowest BCUT2D eigenvalue weighted by Crippen LogP contribution is -2.37. The molecule has 0 aromatic heterocycles. The van der Waals surface area contributed by atoms with Gasteiger partial charge in [0, 0.05) is 40.4 Å². The minimum atomic E-state index is 0.0598. The first-order valence-electron chi connectivity index (χ1n) is 6.66. The number of ether oxygens (including phenoxy) is 1. The molecule has 0 aliphatic heterocycles. The number of carbonyl (C=O) groups is 1. The molecule has 0 radical (unpaired) electrons. The summed E-state index contributed by atoms with van der Waals surface area (Å²) in [5.74, 6) is 0.0598. The summed E-state index contributed by atoms with van der Waals surface area (Å²) < 4.78 is 4.99. The highest BCUT2D eigenvalue weighted by atomic mass is 16.5. The molecule has 1 N–H and O–H groups in total. The molecule has 0 heterocycles. The van der Waals surface area contributed by atoms with Gasteiger partial charge in [0.1, 0.15) is 0 Å². The summed E-state index contributed by atoms with van der Waals surface area (Å²) in [7, 11) is 7.42. The van der Waals surface area contributed by atoms with Crippen LogP contribution in [0.25, 0.3) is 0 Å². The fourth-order valence-electron chi connectivity index (χ4n) is 1.34. The van der Waals surface area contributed by atoms with E-state index in [2.05, 4.69) is 17.3 Å². The summed E-state index contributed by atoms with van der Waals surface area (Å²) >= 11 is 0. The molecule has 0 atom stereocenters. The smallest absolute Gasteiger partial charge is 0.233 e. The molecular formula is C13H31N3O2. The van der Waals surface area contributed by atoms with Gasteiger partial charge in [-0.2, -0.15) is 0 Å². The average Bonchev–Trinajstić information content (AvgIpc) is 2.39. The number of methoxy groups -OCH3 is 1. The molecule has 0 saturated heterocycles. The summed E-state index contributed by atoms with van der Waals surface area (Å²) in [6.45, 7) is 8.16. The average molecular weight is 261 g/mol. The Morgan fingerprint density at radius 3 is 2.17 bits per heavy atom. The van der Waals surface area contributed by atoms with Crippen LogP contribution in [0.1, 0.15) is 20.3 Å². The number of hydrogen-bond acceptors (Lipinski definition) is 4. The van der Waals surface area contributed by atoms with Crippen LogP contribution in [-0.2, 0) is 9.53 Å². The largest absolute Gasteiger partial charge is 0.385 e. The topological polar surface area (TPSA) is 44.8 Å². The second kappa shape index (κ2) is 14.4. The maximum Gasteiger partial charge on any atom is 0.233 e. The first-order chi connectivity index (χ1) is 8.60. The van der Waals surface area contributed by atoms with E-state index < -0.39 is 0 Å². The lowest BCUT2D eigenvalue weighted by Gasteiger charge is -2.21. The monoisotopic (exact) mass is 261 g/mol. The van der Waals surface area contributed by atoms with Crippen molar-refractivity contribution in [3.63, 3.8) is 0 Å². The summed E-state index contributed by atoms with van der Waals surface area (Å²) in [6, 6.07) is 0. The van der Waals surface area contributed by atoms with E-state index in [9.17, 15) is 4.79 Å². The van der Waals surface area contributed by atoms with Crippen LogP contribution in [0, 0.1) is 0 Å². The molecule has 0 fully saturated rings. The van der Waals surface area contributed by atoms with Gasteiger partial charge in [-0.1, -0.05) is 13.8 Å². The van der Waals surface area contributed by atoms with Gasteiger partial charge in [0.25, 0.3) is 0 Å². The molecule has 0 aromatic carbocycles. The van der Waals surface area contributed by atoms with Crippen molar-refractivity contribution in [1.82, 2.24) is 15.1 Å². The van der Waals surface area contributed by atoms with Gasteiger partial charge >= 0.3 is 0 Å². The minimum Gasteiger partial charge on any atom is -0.385 e. The van der Waals surface area contributed by atoms with E-state index in [-0.39, 0.29) is 5.91 Å². The second-order valence-electron chi connectivity index (χ2n) is 4.06. The highest BCUT2D eigenvalue weighted by molar-refractivity contribution is 5.77. The number of rotatable bonds is 9. The molecule has 0 unspecified atom stereocenters. The Hall–Kier alpha value is -0.650. The maximum absolute atomic E-state index is 11.1. The van der Waals surface area contributed by atoms with Crippen molar-refractivity contribution >= 4 is 5.91 Å². The Morgan fingerprint density at radius 1 is 1.11 bits per heavy atom.